The predicted octanol–water partition coefficient (Wildman–Crippen LogP) is 4.31. The monoisotopic (exact) mass is 559 g/mol. The average Bonchev–Trinajstić information content (AvgIpc) is 3.24. The van der Waals surface area contributed by atoms with E-state index >= 15 is 0 Å². The van der Waals surface area contributed by atoms with E-state index < -0.39 is 0 Å². The van der Waals surface area contributed by atoms with Crippen LogP contribution in [0.3, 0.4) is 0 Å². The van der Waals surface area contributed by atoms with Crippen molar-refractivity contribution in [3.63, 3.8) is 0 Å². The molecule has 1 fully saturated rings. The minimum absolute atomic E-state index is 0. The van der Waals surface area contributed by atoms with E-state index in [-0.39, 0.29) is 29.8 Å². The van der Waals surface area contributed by atoms with Crippen molar-refractivity contribution in [2.75, 3.05) is 41.3 Å². The summed E-state index contributed by atoms with van der Waals surface area (Å²) in [6.07, 6.45) is 2.43. The summed E-state index contributed by atoms with van der Waals surface area (Å²) in [5.74, 6) is 1.17. The van der Waals surface area contributed by atoms with Crippen molar-refractivity contribution in [2.24, 2.45) is 10.9 Å². The number of guanidine groups is 1. The van der Waals surface area contributed by atoms with Crippen LogP contribution in [-0.2, 0) is 13.1 Å². The summed E-state index contributed by atoms with van der Waals surface area (Å²) >= 11 is 1.84. The number of nitrogens with one attached hydrogen (secondary N) is 2. The summed E-state index contributed by atoms with van der Waals surface area (Å²) in [5, 5.41) is 9.06. The second-order valence-electron chi connectivity index (χ2n) is 8.31. The molecule has 0 aliphatic carbocycles. The molecule has 31 heavy (non-hydrogen) atoms. The fourth-order valence-corrected chi connectivity index (χ4v) is 5.20. The third kappa shape index (κ3) is 7.40. The zero-order chi connectivity index (χ0) is 21.5. The second kappa shape index (κ2) is 12.7. The number of hydrogen-bond donors (Lipinski definition) is 2. The quantitative estimate of drug-likeness (QED) is 0.302. The van der Waals surface area contributed by atoms with E-state index in [1.165, 1.54) is 17.7 Å². The maximum absolute atomic E-state index is 14.0. The highest BCUT2D eigenvalue weighted by molar-refractivity contribution is 14.0. The normalized spacial score (nSPS) is 19.9. The van der Waals surface area contributed by atoms with Crippen molar-refractivity contribution in [3.05, 3.63) is 57.5 Å². The number of aliphatic imine (C=N–C) groups is 1. The Morgan fingerprint density at radius 2 is 2.10 bits per heavy atom. The van der Waals surface area contributed by atoms with Crippen molar-refractivity contribution < 1.29 is 4.39 Å². The zero-order valence-corrected chi connectivity index (χ0v) is 22.0. The van der Waals surface area contributed by atoms with Gasteiger partial charge in [-0.2, -0.15) is 0 Å². The van der Waals surface area contributed by atoms with E-state index in [0.29, 0.717) is 30.6 Å². The molecule has 1 saturated heterocycles. The third-order valence-electron chi connectivity index (χ3n) is 5.65. The molecule has 2 aromatic rings. The minimum atomic E-state index is -0.156. The lowest BCUT2D eigenvalue weighted by Crippen LogP contribution is -2.44. The van der Waals surface area contributed by atoms with Crippen LogP contribution < -0.4 is 10.6 Å². The molecule has 2 unspecified atom stereocenters. The molecule has 5 nitrogen and oxygen atoms in total. The first-order valence-corrected chi connectivity index (χ1v) is 11.5. The highest BCUT2D eigenvalue weighted by Crippen LogP contribution is 2.36. The fraction of sp³-hybridized carbons (Fsp3) is 0.522. The summed E-state index contributed by atoms with van der Waals surface area (Å²) in [4.78, 5) is 10.3. The molecule has 0 amide bonds. The summed E-state index contributed by atoms with van der Waals surface area (Å²) < 4.78 is 14.0. The molecule has 2 atom stereocenters. The Labute approximate surface area is 207 Å². The molecule has 0 radical (unpaired) electrons. The van der Waals surface area contributed by atoms with Gasteiger partial charge >= 0.3 is 0 Å². The summed E-state index contributed by atoms with van der Waals surface area (Å²) in [6.45, 7) is 3.22. The average molecular weight is 560 g/mol. The predicted molar refractivity (Wildman–Crippen MR) is 140 cm³/mol. The van der Waals surface area contributed by atoms with Crippen molar-refractivity contribution in [3.8, 4) is 0 Å². The van der Waals surface area contributed by atoms with Gasteiger partial charge in [-0.25, -0.2) is 4.39 Å². The third-order valence-corrected chi connectivity index (χ3v) is 6.60. The molecule has 1 aliphatic rings. The van der Waals surface area contributed by atoms with E-state index in [9.17, 15) is 4.39 Å². The number of benzene rings is 1. The van der Waals surface area contributed by atoms with Crippen molar-refractivity contribution in [2.45, 2.75) is 32.0 Å². The van der Waals surface area contributed by atoms with Crippen LogP contribution in [-0.4, -0.2) is 57.0 Å². The molecule has 0 bridgehead atoms. The molecule has 2 N–H and O–H groups in total. The van der Waals surface area contributed by atoms with E-state index in [1.54, 1.807) is 13.1 Å². The number of likely N-dealkylation sites (tertiary alicyclic amines) is 1. The lowest BCUT2D eigenvalue weighted by molar-refractivity contribution is 0.125. The number of piperidine rings is 1. The van der Waals surface area contributed by atoms with Crippen molar-refractivity contribution in [1.82, 2.24) is 20.4 Å². The summed E-state index contributed by atoms with van der Waals surface area (Å²) in [6, 6.07) is 10.2. The topological polar surface area (TPSA) is 42.9 Å². The maximum atomic E-state index is 14.0. The zero-order valence-electron chi connectivity index (χ0n) is 18.9. The van der Waals surface area contributed by atoms with Gasteiger partial charge in [-0.1, -0.05) is 12.1 Å². The standard InChI is InChI=1S/C23H34FN5S.HI/c1-25-23(26-14-17-9-10-20(24)19(13-17)16-28(2)3)27-15-18-7-5-11-29(4)22(18)21-8-6-12-30-21;/h6,8-10,12-13,18,22H,5,7,11,14-16H2,1-4H3,(H2,25,26,27);1H. The van der Waals surface area contributed by atoms with Crippen LogP contribution in [0.5, 0.6) is 0 Å². The van der Waals surface area contributed by atoms with E-state index in [1.807, 2.05) is 42.5 Å². The Balaban J connectivity index is 0.00000341. The SMILES string of the molecule is CN=C(NCc1ccc(F)c(CN(C)C)c1)NCC1CCCN(C)C1c1cccs1.I. The smallest absolute Gasteiger partial charge is 0.191 e. The number of nitrogens with zero attached hydrogens (tertiary/aromatic N) is 3. The fourth-order valence-electron chi connectivity index (χ4n) is 4.22. The van der Waals surface area contributed by atoms with E-state index in [2.05, 4.69) is 45.1 Å². The van der Waals surface area contributed by atoms with Crippen molar-refractivity contribution in [1.29, 1.82) is 0 Å². The van der Waals surface area contributed by atoms with Crippen LogP contribution >= 0.6 is 35.3 Å². The van der Waals surface area contributed by atoms with Gasteiger partial charge in [0.05, 0.1) is 0 Å². The van der Waals surface area contributed by atoms with Gasteiger partial charge in [-0.05, 0) is 75.6 Å². The number of rotatable bonds is 7. The first kappa shape index (κ1) is 26.0. The van der Waals surface area contributed by atoms with Gasteiger partial charge in [0.2, 0.25) is 0 Å². The van der Waals surface area contributed by atoms with E-state index in [4.69, 9.17) is 0 Å². The highest BCUT2D eigenvalue weighted by Gasteiger charge is 2.31. The van der Waals surface area contributed by atoms with Crippen LogP contribution in [0.15, 0.2) is 40.7 Å². The molecule has 1 aromatic carbocycles. The molecule has 3 rings (SSSR count). The lowest BCUT2D eigenvalue weighted by Gasteiger charge is -2.39. The Morgan fingerprint density at radius 1 is 1.29 bits per heavy atom. The molecule has 1 aromatic heterocycles. The molecule has 172 valence electrons. The molecular weight excluding hydrogens is 524 g/mol. The van der Waals surface area contributed by atoms with Gasteiger partial charge in [0.25, 0.3) is 0 Å². The van der Waals surface area contributed by atoms with Crippen LogP contribution in [0.25, 0.3) is 0 Å². The van der Waals surface area contributed by atoms with Gasteiger partial charge in [0, 0.05) is 43.2 Å². The van der Waals surface area contributed by atoms with E-state index in [0.717, 1.165) is 24.6 Å². The molecule has 0 spiro atoms. The molecule has 1 aliphatic heterocycles. The minimum Gasteiger partial charge on any atom is -0.356 e. The van der Waals surface area contributed by atoms with Gasteiger partial charge in [0.1, 0.15) is 5.82 Å². The van der Waals surface area contributed by atoms with Gasteiger partial charge < -0.3 is 15.5 Å². The van der Waals surface area contributed by atoms with Crippen LogP contribution in [0.2, 0.25) is 0 Å². The summed E-state index contributed by atoms with van der Waals surface area (Å²) in [7, 11) is 7.91. The van der Waals surface area contributed by atoms with Crippen molar-refractivity contribution >= 4 is 41.3 Å². The Morgan fingerprint density at radius 3 is 2.77 bits per heavy atom. The number of halogens is 2. The molecule has 2 heterocycles. The Hall–Kier alpha value is -1.23. The van der Waals surface area contributed by atoms with Gasteiger partial charge in [-0.3, -0.25) is 9.89 Å². The van der Waals surface area contributed by atoms with Crippen LogP contribution in [0.1, 0.15) is 34.9 Å². The number of hydrogen-bond acceptors (Lipinski definition) is 4. The molecular formula is C23H35FIN5S. The van der Waals surface area contributed by atoms with Crippen LogP contribution in [0.4, 0.5) is 4.39 Å². The second-order valence-corrected chi connectivity index (χ2v) is 9.29. The largest absolute Gasteiger partial charge is 0.356 e. The lowest BCUT2D eigenvalue weighted by atomic mass is 9.88. The number of thiophene rings is 1. The first-order chi connectivity index (χ1) is 14.5. The summed E-state index contributed by atoms with van der Waals surface area (Å²) in [5.41, 5.74) is 1.76. The van der Waals surface area contributed by atoms with Gasteiger partial charge in [-0.15, -0.1) is 35.3 Å². The molecule has 0 saturated carbocycles. The van der Waals surface area contributed by atoms with Gasteiger partial charge in [0.15, 0.2) is 5.96 Å². The Kier molecular flexibility index (Phi) is 10.7. The maximum Gasteiger partial charge on any atom is 0.191 e. The molecule has 8 heteroatoms. The Bertz CT molecular complexity index is 827. The first-order valence-electron chi connectivity index (χ1n) is 10.6. The highest BCUT2D eigenvalue weighted by atomic mass is 127. The van der Waals surface area contributed by atoms with Crippen LogP contribution in [0, 0.1) is 11.7 Å².